The number of amides is 1. The van der Waals surface area contributed by atoms with Crippen molar-refractivity contribution in [2.75, 3.05) is 7.11 Å². The van der Waals surface area contributed by atoms with Crippen LogP contribution in [0.25, 0.3) is 11.3 Å². The summed E-state index contributed by atoms with van der Waals surface area (Å²) in [6, 6.07) is 19.0. The Balaban J connectivity index is 1.63. The maximum Gasteiger partial charge on any atom is 0.270 e. The number of aromatic nitrogens is 4. The van der Waals surface area contributed by atoms with E-state index in [1.807, 2.05) is 80.2 Å². The van der Waals surface area contributed by atoms with Gasteiger partial charge in [0, 0.05) is 18.3 Å². The molecule has 0 fully saturated rings. The molecular formula is C24H25N5O2. The number of aryl methyl sites for hydroxylation is 2. The Bertz CT molecular complexity index is 1190. The first-order chi connectivity index (χ1) is 15.0. The van der Waals surface area contributed by atoms with Crippen molar-refractivity contribution < 1.29 is 9.53 Å². The number of hydrogen-bond acceptors (Lipinski definition) is 4. The van der Waals surface area contributed by atoms with Gasteiger partial charge in [0.15, 0.2) is 0 Å². The zero-order valence-corrected chi connectivity index (χ0v) is 18.0. The SMILES string of the molecule is COc1ccc(C(NC(=O)c2cc(-c3c(C)nn(C)c3C)n[nH]2)c2ccccc2)cc1. The average molecular weight is 415 g/mol. The van der Waals surface area contributed by atoms with Crippen LogP contribution in [0.5, 0.6) is 5.75 Å². The topological polar surface area (TPSA) is 84.8 Å². The Morgan fingerprint density at radius 1 is 1.06 bits per heavy atom. The summed E-state index contributed by atoms with van der Waals surface area (Å²) in [4.78, 5) is 13.1. The van der Waals surface area contributed by atoms with Crippen molar-refractivity contribution in [1.29, 1.82) is 0 Å². The van der Waals surface area contributed by atoms with Crippen LogP contribution in [0.2, 0.25) is 0 Å². The molecule has 2 heterocycles. The van der Waals surface area contributed by atoms with Crippen LogP contribution in [0.1, 0.15) is 39.0 Å². The number of aromatic amines is 1. The second kappa shape index (κ2) is 8.47. The summed E-state index contributed by atoms with van der Waals surface area (Å²) in [6.07, 6.45) is 0. The number of ether oxygens (including phenoxy) is 1. The molecule has 2 N–H and O–H groups in total. The first-order valence-corrected chi connectivity index (χ1v) is 10.0. The predicted octanol–water partition coefficient (Wildman–Crippen LogP) is 3.96. The second-order valence-electron chi connectivity index (χ2n) is 7.43. The predicted molar refractivity (Wildman–Crippen MR) is 119 cm³/mol. The molecule has 1 atom stereocenters. The van der Waals surface area contributed by atoms with Gasteiger partial charge in [-0.25, -0.2) is 0 Å². The van der Waals surface area contributed by atoms with Gasteiger partial charge in [0.2, 0.25) is 0 Å². The van der Waals surface area contributed by atoms with Gasteiger partial charge in [-0.1, -0.05) is 42.5 Å². The Hall–Kier alpha value is -3.87. The third kappa shape index (κ3) is 4.07. The van der Waals surface area contributed by atoms with Crippen LogP contribution in [0, 0.1) is 13.8 Å². The van der Waals surface area contributed by atoms with Gasteiger partial charge in [0.25, 0.3) is 5.91 Å². The minimum atomic E-state index is -0.312. The van der Waals surface area contributed by atoms with E-state index in [2.05, 4.69) is 20.6 Å². The number of methoxy groups -OCH3 is 1. The highest BCUT2D eigenvalue weighted by Gasteiger charge is 2.21. The molecule has 158 valence electrons. The number of rotatable bonds is 6. The summed E-state index contributed by atoms with van der Waals surface area (Å²) in [5.41, 5.74) is 5.85. The number of nitrogens with zero attached hydrogens (tertiary/aromatic N) is 3. The fraction of sp³-hybridized carbons (Fsp3) is 0.208. The van der Waals surface area contributed by atoms with Crippen molar-refractivity contribution in [3.63, 3.8) is 0 Å². The highest BCUT2D eigenvalue weighted by molar-refractivity contribution is 5.94. The Labute approximate surface area is 181 Å². The Kier molecular flexibility index (Phi) is 5.58. The fourth-order valence-electron chi connectivity index (χ4n) is 3.72. The molecule has 0 bridgehead atoms. The molecule has 0 aliphatic rings. The van der Waals surface area contributed by atoms with E-state index in [0.717, 1.165) is 33.8 Å². The van der Waals surface area contributed by atoms with E-state index < -0.39 is 0 Å². The smallest absolute Gasteiger partial charge is 0.270 e. The molecule has 4 aromatic rings. The molecule has 31 heavy (non-hydrogen) atoms. The first kappa shape index (κ1) is 20.4. The van der Waals surface area contributed by atoms with Crippen LogP contribution < -0.4 is 10.1 Å². The molecule has 0 spiro atoms. The van der Waals surface area contributed by atoms with Gasteiger partial charge in [0.1, 0.15) is 11.4 Å². The monoisotopic (exact) mass is 415 g/mol. The van der Waals surface area contributed by atoms with E-state index in [4.69, 9.17) is 4.74 Å². The van der Waals surface area contributed by atoms with Crippen molar-refractivity contribution in [2.45, 2.75) is 19.9 Å². The van der Waals surface area contributed by atoms with E-state index in [9.17, 15) is 4.79 Å². The lowest BCUT2D eigenvalue weighted by molar-refractivity contribution is 0.0938. The van der Waals surface area contributed by atoms with Crippen LogP contribution in [-0.4, -0.2) is 33.0 Å². The van der Waals surface area contributed by atoms with Crippen molar-refractivity contribution in [3.8, 4) is 17.0 Å². The fourth-order valence-corrected chi connectivity index (χ4v) is 3.72. The van der Waals surface area contributed by atoms with Crippen molar-refractivity contribution in [2.24, 2.45) is 7.05 Å². The van der Waals surface area contributed by atoms with Gasteiger partial charge in [0.05, 0.1) is 24.5 Å². The highest BCUT2D eigenvalue weighted by Crippen LogP contribution is 2.27. The maximum absolute atomic E-state index is 13.1. The lowest BCUT2D eigenvalue weighted by Crippen LogP contribution is -2.29. The zero-order valence-electron chi connectivity index (χ0n) is 18.0. The van der Waals surface area contributed by atoms with E-state index in [0.29, 0.717) is 11.4 Å². The second-order valence-corrected chi connectivity index (χ2v) is 7.43. The van der Waals surface area contributed by atoms with E-state index >= 15 is 0 Å². The summed E-state index contributed by atoms with van der Waals surface area (Å²) in [6.45, 7) is 3.92. The molecule has 0 radical (unpaired) electrons. The van der Waals surface area contributed by atoms with Crippen LogP contribution in [0.15, 0.2) is 60.7 Å². The Morgan fingerprint density at radius 3 is 2.35 bits per heavy atom. The number of carbonyl (C=O) groups excluding carboxylic acids is 1. The number of H-pyrrole nitrogens is 1. The van der Waals surface area contributed by atoms with Crippen molar-refractivity contribution in [1.82, 2.24) is 25.3 Å². The molecule has 7 heteroatoms. The molecule has 2 aromatic heterocycles. The zero-order chi connectivity index (χ0) is 22.0. The summed E-state index contributed by atoms with van der Waals surface area (Å²) in [5.74, 6) is 0.532. The molecule has 0 aliphatic carbocycles. The normalized spacial score (nSPS) is 11.9. The number of hydrogen-bond donors (Lipinski definition) is 2. The van der Waals surface area contributed by atoms with Gasteiger partial charge in [-0.05, 0) is 43.2 Å². The molecule has 2 aromatic carbocycles. The van der Waals surface area contributed by atoms with Crippen molar-refractivity contribution in [3.05, 3.63) is 88.9 Å². The standard InChI is InChI=1S/C24H25N5O2/c1-15-22(16(2)29(3)28-15)20-14-21(27-26-20)24(30)25-23(17-8-6-5-7-9-17)18-10-12-19(31-4)13-11-18/h5-14,23H,1-4H3,(H,25,30)(H,26,27). The maximum atomic E-state index is 13.1. The first-order valence-electron chi connectivity index (χ1n) is 10.0. The van der Waals surface area contributed by atoms with Gasteiger partial charge in [-0.15, -0.1) is 0 Å². The highest BCUT2D eigenvalue weighted by atomic mass is 16.5. The van der Waals surface area contributed by atoms with Gasteiger partial charge in [-0.3, -0.25) is 14.6 Å². The lowest BCUT2D eigenvalue weighted by Gasteiger charge is -2.19. The largest absolute Gasteiger partial charge is 0.497 e. The van der Waals surface area contributed by atoms with E-state index in [-0.39, 0.29) is 11.9 Å². The van der Waals surface area contributed by atoms with Gasteiger partial charge >= 0.3 is 0 Å². The third-order valence-electron chi connectivity index (χ3n) is 5.45. The molecule has 1 unspecified atom stereocenters. The molecule has 0 aliphatic heterocycles. The van der Waals surface area contributed by atoms with Crippen LogP contribution in [-0.2, 0) is 7.05 Å². The summed E-state index contributed by atoms with van der Waals surface area (Å²) < 4.78 is 7.08. The van der Waals surface area contributed by atoms with E-state index in [1.54, 1.807) is 13.2 Å². The summed E-state index contributed by atoms with van der Waals surface area (Å²) in [5, 5.41) is 14.8. The number of benzene rings is 2. The van der Waals surface area contributed by atoms with E-state index in [1.165, 1.54) is 0 Å². The lowest BCUT2D eigenvalue weighted by atomic mass is 9.98. The van der Waals surface area contributed by atoms with Gasteiger partial charge < -0.3 is 10.1 Å². The molecular weight excluding hydrogens is 390 g/mol. The molecule has 0 saturated heterocycles. The minimum Gasteiger partial charge on any atom is -0.497 e. The Morgan fingerprint density at radius 2 is 1.74 bits per heavy atom. The van der Waals surface area contributed by atoms with Crippen LogP contribution >= 0.6 is 0 Å². The summed E-state index contributed by atoms with van der Waals surface area (Å²) in [7, 11) is 3.53. The quantitative estimate of drug-likeness (QED) is 0.499. The molecule has 7 nitrogen and oxygen atoms in total. The number of carbonyl (C=O) groups is 1. The molecule has 0 saturated carbocycles. The van der Waals surface area contributed by atoms with Crippen LogP contribution in [0.4, 0.5) is 0 Å². The minimum absolute atomic E-state index is 0.234. The number of nitrogens with one attached hydrogen (secondary N) is 2. The third-order valence-corrected chi connectivity index (χ3v) is 5.45. The van der Waals surface area contributed by atoms with Crippen molar-refractivity contribution >= 4 is 5.91 Å². The molecule has 4 rings (SSSR count). The van der Waals surface area contributed by atoms with Gasteiger partial charge in [-0.2, -0.15) is 10.2 Å². The summed E-state index contributed by atoms with van der Waals surface area (Å²) >= 11 is 0. The molecule has 1 amide bonds. The van der Waals surface area contributed by atoms with Crippen LogP contribution in [0.3, 0.4) is 0 Å². The average Bonchev–Trinajstić information content (AvgIpc) is 3.36.